The minimum absolute atomic E-state index is 0.0573. The standard InChI is InChI=1S/C20H27N5O2/c1-23-12-25(14-4-2-13(3-5-14)9-24-10-15(26)11-24)18-16-6-7-21-19(16)22-8-17(18)20(23)27/h6-8,13-15,26H,2-5,9-12H2,1H3,(H,21,22). The van der Waals surface area contributed by atoms with Crippen LogP contribution in [0.4, 0.5) is 5.69 Å². The van der Waals surface area contributed by atoms with Crippen molar-refractivity contribution < 1.29 is 9.90 Å². The Bertz CT molecular complexity index is 851. The summed E-state index contributed by atoms with van der Waals surface area (Å²) in [6.07, 6.45) is 8.23. The van der Waals surface area contributed by atoms with E-state index < -0.39 is 0 Å². The van der Waals surface area contributed by atoms with Crippen molar-refractivity contribution in [1.29, 1.82) is 0 Å². The molecule has 1 saturated carbocycles. The van der Waals surface area contributed by atoms with Gasteiger partial charge in [0.1, 0.15) is 5.65 Å². The third kappa shape index (κ3) is 2.89. The highest BCUT2D eigenvalue weighted by molar-refractivity contribution is 6.08. The van der Waals surface area contributed by atoms with Gasteiger partial charge in [-0.15, -0.1) is 0 Å². The number of carbonyl (C=O) groups is 1. The molecule has 1 aliphatic carbocycles. The molecule has 2 N–H and O–H groups in total. The minimum atomic E-state index is -0.114. The molecule has 2 fully saturated rings. The van der Waals surface area contributed by atoms with Crippen molar-refractivity contribution in [2.45, 2.75) is 37.8 Å². The second-order valence-corrected chi connectivity index (χ2v) is 8.42. The zero-order chi connectivity index (χ0) is 18.5. The van der Waals surface area contributed by atoms with E-state index in [2.05, 4.69) is 19.8 Å². The van der Waals surface area contributed by atoms with Crippen LogP contribution in [0.1, 0.15) is 36.0 Å². The van der Waals surface area contributed by atoms with Gasteiger partial charge in [-0.25, -0.2) is 4.98 Å². The Balaban J connectivity index is 1.36. The van der Waals surface area contributed by atoms with Crippen LogP contribution in [0.25, 0.3) is 11.0 Å². The van der Waals surface area contributed by atoms with Gasteiger partial charge in [0.2, 0.25) is 0 Å². The molecule has 0 spiro atoms. The lowest BCUT2D eigenvalue weighted by atomic mass is 9.84. The van der Waals surface area contributed by atoms with E-state index in [-0.39, 0.29) is 12.0 Å². The molecule has 7 heteroatoms. The lowest BCUT2D eigenvalue weighted by Crippen LogP contribution is -2.53. The van der Waals surface area contributed by atoms with Crippen LogP contribution in [0.3, 0.4) is 0 Å². The number of hydrogen-bond acceptors (Lipinski definition) is 5. The van der Waals surface area contributed by atoms with Gasteiger partial charge in [0, 0.05) is 50.5 Å². The lowest BCUT2D eigenvalue weighted by molar-refractivity contribution is -0.00999. The third-order valence-corrected chi connectivity index (χ3v) is 6.50. The van der Waals surface area contributed by atoms with E-state index in [1.54, 1.807) is 11.1 Å². The molecule has 7 nitrogen and oxygen atoms in total. The van der Waals surface area contributed by atoms with Crippen molar-refractivity contribution in [3.8, 4) is 0 Å². The van der Waals surface area contributed by atoms with E-state index in [0.717, 1.165) is 55.1 Å². The van der Waals surface area contributed by atoms with Crippen molar-refractivity contribution >= 4 is 22.6 Å². The maximum atomic E-state index is 12.7. The molecule has 0 atom stereocenters. The smallest absolute Gasteiger partial charge is 0.258 e. The van der Waals surface area contributed by atoms with Crippen LogP contribution < -0.4 is 4.90 Å². The van der Waals surface area contributed by atoms with Crippen molar-refractivity contribution in [2.75, 3.05) is 38.3 Å². The van der Waals surface area contributed by atoms with Crippen LogP contribution in [-0.2, 0) is 0 Å². The topological polar surface area (TPSA) is 75.7 Å². The number of aromatic nitrogens is 2. The number of aliphatic hydroxyl groups excluding tert-OH is 1. The van der Waals surface area contributed by atoms with Crippen LogP contribution in [0, 0.1) is 5.92 Å². The molecule has 0 radical (unpaired) electrons. The number of amides is 1. The van der Waals surface area contributed by atoms with Gasteiger partial charge in [-0.2, -0.15) is 0 Å². The third-order valence-electron chi connectivity index (χ3n) is 6.50. The quantitative estimate of drug-likeness (QED) is 0.860. The SMILES string of the molecule is CN1CN(C2CCC(CN3CC(O)C3)CC2)c2c(cnc3[nH]ccc23)C1=O. The highest BCUT2D eigenvalue weighted by Gasteiger charge is 2.36. The molecule has 4 heterocycles. The summed E-state index contributed by atoms with van der Waals surface area (Å²) >= 11 is 0. The Hall–Kier alpha value is -2.12. The van der Waals surface area contributed by atoms with E-state index in [0.29, 0.717) is 18.3 Å². The number of H-pyrrole nitrogens is 1. The zero-order valence-electron chi connectivity index (χ0n) is 15.8. The molecule has 2 aromatic heterocycles. The Morgan fingerprint density at radius 1 is 1.26 bits per heavy atom. The summed E-state index contributed by atoms with van der Waals surface area (Å²) in [7, 11) is 1.88. The molecule has 0 bridgehead atoms. The molecule has 3 aliphatic rings. The summed E-state index contributed by atoms with van der Waals surface area (Å²) in [6, 6.07) is 2.49. The maximum absolute atomic E-state index is 12.7. The largest absolute Gasteiger partial charge is 0.390 e. The number of nitrogens with one attached hydrogen (secondary N) is 1. The molecular formula is C20H27N5O2. The first-order valence-corrected chi connectivity index (χ1v) is 9.98. The molecule has 2 aromatic rings. The fourth-order valence-electron chi connectivity index (χ4n) is 5.02. The van der Waals surface area contributed by atoms with Gasteiger partial charge in [-0.05, 0) is 37.7 Å². The number of likely N-dealkylation sites (tertiary alicyclic amines) is 1. The molecule has 1 saturated heterocycles. The van der Waals surface area contributed by atoms with Crippen LogP contribution in [0.15, 0.2) is 18.5 Å². The van der Waals surface area contributed by atoms with E-state index >= 15 is 0 Å². The van der Waals surface area contributed by atoms with Crippen LogP contribution in [0.2, 0.25) is 0 Å². The summed E-state index contributed by atoms with van der Waals surface area (Å²) in [5, 5.41) is 10.5. The number of nitrogens with zero attached hydrogens (tertiary/aromatic N) is 4. The van der Waals surface area contributed by atoms with E-state index in [4.69, 9.17) is 0 Å². The molecule has 0 aromatic carbocycles. The first-order chi connectivity index (χ1) is 13.1. The second kappa shape index (κ2) is 6.49. The van der Waals surface area contributed by atoms with Crippen molar-refractivity contribution in [1.82, 2.24) is 19.8 Å². The van der Waals surface area contributed by atoms with E-state index in [1.165, 1.54) is 12.8 Å². The Labute approximate surface area is 159 Å². The number of β-amino-alcohol motifs (C(OH)–C–C–N with tert-alkyl or cyclic N) is 1. The average molecular weight is 369 g/mol. The van der Waals surface area contributed by atoms with Gasteiger partial charge in [-0.3, -0.25) is 9.69 Å². The van der Waals surface area contributed by atoms with Crippen molar-refractivity contribution in [3.05, 3.63) is 24.0 Å². The number of aromatic amines is 1. The highest BCUT2D eigenvalue weighted by atomic mass is 16.3. The average Bonchev–Trinajstić information content (AvgIpc) is 3.12. The van der Waals surface area contributed by atoms with E-state index in [1.807, 2.05) is 19.3 Å². The van der Waals surface area contributed by atoms with E-state index in [9.17, 15) is 9.90 Å². The van der Waals surface area contributed by atoms with Gasteiger partial charge in [0.25, 0.3) is 5.91 Å². The summed E-state index contributed by atoms with van der Waals surface area (Å²) in [5.41, 5.74) is 2.62. The first-order valence-electron chi connectivity index (χ1n) is 9.98. The fourth-order valence-corrected chi connectivity index (χ4v) is 5.02. The predicted octanol–water partition coefficient (Wildman–Crippen LogP) is 1.65. The lowest BCUT2D eigenvalue weighted by Gasteiger charge is -2.45. The maximum Gasteiger partial charge on any atom is 0.258 e. The second-order valence-electron chi connectivity index (χ2n) is 8.42. The number of hydrogen-bond donors (Lipinski definition) is 2. The monoisotopic (exact) mass is 369 g/mol. The van der Waals surface area contributed by atoms with Crippen LogP contribution in [-0.4, -0.2) is 76.3 Å². The van der Waals surface area contributed by atoms with Gasteiger partial charge in [0.05, 0.1) is 24.0 Å². The number of anilines is 1. The molecule has 0 unspecified atom stereocenters. The first kappa shape index (κ1) is 17.0. The number of rotatable bonds is 3. The van der Waals surface area contributed by atoms with Crippen molar-refractivity contribution in [3.63, 3.8) is 0 Å². The predicted molar refractivity (Wildman–Crippen MR) is 104 cm³/mol. The number of fused-ring (bicyclic) bond motifs is 3. The fraction of sp³-hybridized carbons (Fsp3) is 0.600. The zero-order valence-corrected chi connectivity index (χ0v) is 15.8. The molecule has 1 amide bonds. The normalized spacial score (nSPS) is 27.1. The van der Waals surface area contributed by atoms with Gasteiger partial charge in [-0.1, -0.05) is 0 Å². The molecule has 144 valence electrons. The van der Waals surface area contributed by atoms with Crippen LogP contribution in [0.5, 0.6) is 0 Å². The summed E-state index contributed by atoms with van der Waals surface area (Å²) < 4.78 is 0. The molecule has 5 rings (SSSR count). The summed E-state index contributed by atoms with van der Waals surface area (Å²) in [4.78, 5) is 26.9. The van der Waals surface area contributed by atoms with Crippen LogP contribution >= 0.6 is 0 Å². The summed E-state index contributed by atoms with van der Waals surface area (Å²) in [5.74, 6) is 0.781. The number of pyridine rings is 1. The Morgan fingerprint density at radius 3 is 2.78 bits per heavy atom. The van der Waals surface area contributed by atoms with Gasteiger partial charge >= 0.3 is 0 Å². The van der Waals surface area contributed by atoms with Gasteiger partial charge < -0.3 is 19.9 Å². The summed E-state index contributed by atoms with van der Waals surface area (Å²) in [6.45, 7) is 3.43. The Morgan fingerprint density at radius 2 is 2.04 bits per heavy atom. The van der Waals surface area contributed by atoms with Crippen molar-refractivity contribution in [2.24, 2.45) is 5.92 Å². The molecular weight excluding hydrogens is 342 g/mol. The highest BCUT2D eigenvalue weighted by Crippen LogP contribution is 2.38. The molecule has 2 aliphatic heterocycles. The number of carbonyl (C=O) groups excluding carboxylic acids is 1. The Kier molecular flexibility index (Phi) is 4.09. The van der Waals surface area contributed by atoms with Gasteiger partial charge in [0.15, 0.2) is 0 Å². The number of aliphatic hydroxyl groups is 1. The minimum Gasteiger partial charge on any atom is -0.390 e. The molecule has 27 heavy (non-hydrogen) atoms.